The number of hydrogen-bond donors (Lipinski definition) is 1. The van der Waals surface area contributed by atoms with E-state index in [0.717, 1.165) is 33.5 Å². The van der Waals surface area contributed by atoms with Crippen molar-refractivity contribution in [3.8, 4) is 11.5 Å². The number of nitrogens with one attached hydrogen (secondary N) is 1. The number of ether oxygens (including phenoxy) is 2. The van der Waals surface area contributed by atoms with Crippen LogP contribution in [0.25, 0.3) is 10.9 Å². The molecule has 0 saturated carbocycles. The van der Waals surface area contributed by atoms with Crippen LogP contribution in [-0.4, -0.2) is 29.9 Å². The summed E-state index contributed by atoms with van der Waals surface area (Å²) in [5, 5.41) is 8.56. The molecule has 0 saturated heterocycles. The molecule has 0 fully saturated rings. The summed E-state index contributed by atoms with van der Waals surface area (Å²) < 4.78 is 12.4. The molecule has 1 heterocycles. The second-order valence-electron chi connectivity index (χ2n) is 7.40. The van der Waals surface area contributed by atoms with Gasteiger partial charge in [0.2, 0.25) is 0 Å². The number of fused-ring (bicyclic) bond motifs is 1. The van der Waals surface area contributed by atoms with Gasteiger partial charge in [-0.15, -0.1) is 0 Å². The fraction of sp³-hybridized carbons (Fsp3) is 0.200. The molecule has 1 aromatic heterocycles. The molecular weight excluding hydrogens is 390 g/mol. The normalized spacial score (nSPS) is 11.8. The fourth-order valence-corrected chi connectivity index (χ4v) is 3.54. The molecular formula is C25H25N3O3. The van der Waals surface area contributed by atoms with Gasteiger partial charge in [0, 0.05) is 10.9 Å². The van der Waals surface area contributed by atoms with Gasteiger partial charge in [0.25, 0.3) is 5.91 Å². The Hall–Kier alpha value is -3.80. The maximum absolute atomic E-state index is 12.9. The van der Waals surface area contributed by atoms with E-state index < -0.39 is 0 Å². The molecule has 4 rings (SSSR count). The first-order valence-corrected chi connectivity index (χ1v) is 10.1. The Morgan fingerprint density at radius 1 is 1.00 bits per heavy atom. The van der Waals surface area contributed by atoms with Gasteiger partial charge in [-0.05, 0) is 54.4 Å². The van der Waals surface area contributed by atoms with Crippen molar-refractivity contribution in [1.82, 2.24) is 15.1 Å². The number of hydrogen-bond acceptors (Lipinski definition) is 4. The summed E-state index contributed by atoms with van der Waals surface area (Å²) in [7, 11) is 3.29. The van der Waals surface area contributed by atoms with Crippen LogP contribution in [0, 0.1) is 0 Å². The van der Waals surface area contributed by atoms with Crippen molar-refractivity contribution in [3.63, 3.8) is 0 Å². The van der Waals surface area contributed by atoms with E-state index in [9.17, 15) is 4.79 Å². The largest absolute Gasteiger partial charge is 0.497 e. The Balaban J connectivity index is 1.53. The van der Waals surface area contributed by atoms with E-state index >= 15 is 0 Å². The zero-order valence-corrected chi connectivity index (χ0v) is 17.8. The summed E-state index contributed by atoms with van der Waals surface area (Å²) in [5.74, 6) is 1.47. The number of benzene rings is 3. The smallest absolute Gasteiger partial charge is 0.251 e. The highest BCUT2D eigenvalue weighted by atomic mass is 16.5. The lowest BCUT2D eigenvalue weighted by Crippen LogP contribution is -2.26. The van der Waals surface area contributed by atoms with E-state index in [0.29, 0.717) is 12.1 Å². The monoisotopic (exact) mass is 415 g/mol. The third-order valence-corrected chi connectivity index (χ3v) is 5.34. The first-order chi connectivity index (χ1) is 15.1. The molecule has 158 valence electrons. The van der Waals surface area contributed by atoms with E-state index in [1.807, 2.05) is 84.5 Å². The standard InChI is InChI=1S/C25H25N3O3/c1-17(19-9-11-22(30-2)12-10-19)27-25(29)20-7-8-21-15-26-28(24(21)14-20)16-18-5-4-6-23(13-18)31-3/h4-15,17H,16H2,1-3H3,(H,27,29)/t17-/m0/s1. The number of carbonyl (C=O) groups excluding carboxylic acids is 1. The third-order valence-electron chi connectivity index (χ3n) is 5.34. The number of rotatable bonds is 7. The summed E-state index contributed by atoms with van der Waals surface area (Å²) >= 11 is 0. The van der Waals surface area contributed by atoms with Crippen molar-refractivity contribution < 1.29 is 14.3 Å². The van der Waals surface area contributed by atoms with Crippen LogP contribution in [-0.2, 0) is 6.54 Å². The minimum atomic E-state index is -0.129. The van der Waals surface area contributed by atoms with Crippen LogP contribution >= 0.6 is 0 Å². The average Bonchev–Trinajstić information content (AvgIpc) is 3.21. The quantitative estimate of drug-likeness (QED) is 0.479. The number of methoxy groups -OCH3 is 2. The van der Waals surface area contributed by atoms with Crippen LogP contribution in [0.5, 0.6) is 11.5 Å². The predicted molar refractivity (Wildman–Crippen MR) is 121 cm³/mol. The van der Waals surface area contributed by atoms with Gasteiger partial charge in [0.15, 0.2) is 0 Å². The fourth-order valence-electron chi connectivity index (χ4n) is 3.54. The number of nitrogens with zero attached hydrogens (tertiary/aromatic N) is 2. The van der Waals surface area contributed by atoms with Crippen LogP contribution in [0.3, 0.4) is 0 Å². The molecule has 0 aliphatic carbocycles. The zero-order chi connectivity index (χ0) is 21.8. The van der Waals surface area contributed by atoms with E-state index in [-0.39, 0.29) is 11.9 Å². The summed E-state index contributed by atoms with van der Waals surface area (Å²) in [5.41, 5.74) is 3.60. The SMILES string of the molecule is COc1ccc([C@H](C)NC(=O)c2ccc3cnn(Cc4cccc(OC)c4)c3c2)cc1. The minimum Gasteiger partial charge on any atom is -0.497 e. The van der Waals surface area contributed by atoms with Gasteiger partial charge >= 0.3 is 0 Å². The minimum absolute atomic E-state index is 0.126. The molecule has 4 aromatic rings. The second kappa shape index (κ2) is 8.92. The Bertz CT molecular complexity index is 1200. The van der Waals surface area contributed by atoms with Gasteiger partial charge in [-0.2, -0.15) is 5.10 Å². The van der Waals surface area contributed by atoms with Gasteiger partial charge in [0.1, 0.15) is 11.5 Å². The Morgan fingerprint density at radius 2 is 1.77 bits per heavy atom. The molecule has 0 aliphatic heterocycles. The third kappa shape index (κ3) is 4.53. The number of amides is 1. The lowest BCUT2D eigenvalue weighted by Gasteiger charge is -2.15. The van der Waals surface area contributed by atoms with E-state index in [4.69, 9.17) is 9.47 Å². The van der Waals surface area contributed by atoms with E-state index in [2.05, 4.69) is 10.4 Å². The molecule has 0 unspecified atom stereocenters. The summed E-state index contributed by atoms with van der Waals surface area (Å²) in [6.45, 7) is 2.55. The van der Waals surface area contributed by atoms with Crippen LogP contribution in [0.1, 0.15) is 34.5 Å². The maximum Gasteiger partial charge on any atom is 0.251 e. The molecule has 3 aromatic carbocycles. The summed E-state index contributed by atoms with van der Waals surface area (Å²) in [6, 6.07) is 21.1. The Kier molecular flexibility index (Phi) is 5.89. The molecule has 0 bridgehead atoms. The first kappa shape index (κ1) is 20.5. The van der Waals surface area contributed by atoms with Crippen molar-refractivity contribution in [3.05, 3.63) is 89.6 Å². The van der Waals surface area contributed by atoms with Gasteiger partial charge in [-0.3, -0.25) is 9.48 Å². The molecule has 6 nitrogen and oxygen atoms in total. The molecule has 1 N–H and O–H groups in total. The molecule has 1 amide bonds. The van der Waals surface area contributed by atoms with Crippen LogP contribution < -0.4 is 14.8 Å². The molecule has 1 atom stereocenters. The van der Waals surface area contributed by atoms with Crippen LogP contribution in [0.15, 0.2) is 72.9 Å². The van der Waals surface area contributed by atoms with Crippen molar-refractivity contribution in [1.29, 1.82) is 0 Å². The highest BCUT2D eigenvalue weighted by Gasteiger charge is 2.14. The predicted octanol–water partition coefficient (Wildman–Crippen LogP) is 4.59. The molecule has 0 radical (unpaired) electrons. The number of aromatic nitrogens is 2. The lowest BCUT2D eigenvalue weighted by atomic mass is 10.1. The Labute approximate surface area is 181 Å². The van der Waals surface area contributed by atoms with Gasteiger partial charge in [-0.25, -0.2) is 0 Å². The van der Waals surface area contributed by atoms with Crippen molar-refractivity contribution >= 4 is 16.8 Å². The molecule has 31 heavy (non-hydrogen) atoms. The second-order valence-corrected chi connectivity index (χ2v) is 7.40. The van der Waals surface area contributed by atoms with Gasteiger partial charge < -0.3 is 14.8 Å². The summed E-state index contributed by atoms with van der Waals surface area (Å²) in [4.78, 5) is 12.9. The van der Waals surface area contributed by atoms with Gasteiger partial charge in [-0.1, -0.05) is 30.3 Å². The zero-order valence-electron chi connectivity index (χ0n) is 17.8. The van der Waals surface area contributed by atoms with E-state index in [1.165, 1.54) is 0 Å². The van der Waals surface area contributed by atoms with Crippen molar-refractivity contribution in [2.24, 2.45) is 0 Å². The van der Waals surface area contributed by atoms with Crippen LogP contribution in [0.4, 0.5) is 0 Å². The summed E-state index contributed by atoms with van der Waals surface area (Å²) in [6.07, 6.45) is 1.82. The van der Waals surface area contributed by atoms with Crippen molar-refractivity contribution in [2.75, 3.05) is 14.2 Å². The molecule has 0 aliphatic rings. The van der Waals surface area contributed by atoms with Crippen LogP contribution in [0.2, 0.25) is 0 Å². The highest BCUT2D eigenvalue weighted by molar-refractivity contribution is 5.98. The first-order valence-electron chi connectivity index (χ1n) is 10.1. The topological polar surface area (TPSA) is 65.4 Å². The molecule has 0 spiro atoms. The highest BCUT2D eigenvalue weighted by Crippen LogP contribution is 2.21. The number of carbonyl (C=O) groups is 1. The van der Waals surface area contributed by atoms with E-state index in [1.54, 1.807) is 14.2 Å². The lowest BCUT2D eigenvalue weighted by molar-refractivity contribution is 0.0940. The average molecular weight is 415 g/mol. The van der Waals surface area contributed by atoms with Crippen molar-refractivity contribution in [2.45, 2.75) is 19.5 Å². The van der Waals surface area contributed by atoms with Gasteiger partial charge in [0.05, 0.1) is 38.5 Å². The maximum atomic E-state index is 12.9. The molecule has 6 heteroatoms. The Morgan fingerprint density at radius 3 is 2.52 bits per heavy atom.